The fourth-order valence-electron chi connectivity index (χ4n) is 0.696. The molecule has 0 aromatic carbocycles. The summed E-state index contributed by atoms with van der Waals surface area (Å²) in [5.41, 5.74) is 0. The Balaban J connectivity index is 2.66. The van der Waals surface area contributed by atoms with Gasteiger partial charge in [0.25, 0.3) is 0 Å². The first kappa shape index (κ1) is 9.53. The topological polar surface area (TPSA) is 0 Å². The van der Waals surface area contributed by atoms with Crippen LogP contribution in [0.2, 0.25) is 4.47 Å². The van der Waals surface area contributed by atoms with Crippen LogP contribution in [0.4, 0.5) is 0 Å². The van der Waals surface area contributed by atoms with Crippen LogP contribution in [0.25, 0.3) is 0 Å². The van der Waals surface area contributed by atoms with Crippen molar-refractivity contribution in [3.8, 4) is 0 Å². The van der Waals surface area contributed by atoms with E-state index in [1.54, 1.807) is 0 Å². The fraction of sp³-hybridized carbons (Fsp3) is 0.750. The Labute approximate surface area is 68.8 Å². The van der Waals surface area contributed by atoms with E-state index in [0.717, 1.165) is 0 Å². The second-order valence-electron chi connectivity index (χ2n) is 2.10. The fourth-order valence-corrected chi connectivity index (χ4v) is 2.23. The molecule has 0 rings (SSSR count). The molecule has 0 saturated carbocycles. The summed E-state index contributed by atoms with van der Waals surface area (Å²) in [6, 6.07) is 0. The van der Waals surface area contributed by atoms with Crippen molar-refractivity contribution in [2.24, 2.45) is 0 Å². The predicted octanol–water partition coefficient (Wildman–Crippen LogP) is 2.83. The standard InChI is InChI=1S/C8H16Te/c1-3-5-6-7-8-9-4-2/h4H,2-3,5-8H2,1H3. The maximum atomic E-state index is 3.74. The van der Waals surface area contributed by atoms with Gasteiger partial charge in [0.1, 0.15) is 0 Å². The van der Waals surface area contributed by atoms with Crippen LogP contribution in [0.1, 0.15) is 32.6 Å². The molecule has 0 nitrogen and oxygen atoms in total. The van der Waals surface area contributed by atoms with Crippen molar-refractivity contribution in [1.82, 2.24) is 0 Å². The Morgan fingerprint density at radius 2 is 2.11 bits per heavy atom. The molecule has 0 N–H and O–H groups in total. The molecule has 0 bridgehead atoms. The van der Waals surface area contributed by atoms with Crippen LogP contribution in [0.5, 0.6) is 0 Å². The molecule has 0 unspecified atom stereocenters. The van der Waals surface area contributed by atoms with Crippen molar-refractivity contribution in [3.63, 3.8) is 0 Å². The van der Waals surface area contributed by atoms with Gasteiger partial charge in [0, 0.05) is 0 Å². The summed E-state index contributed by atoms with van der Waals surface area (Å²) in [7, 11) is 0. The summed E-state index contributed by atoms with van der Waals surface area (Å²) < 4.78 is 3.60. The van der Waals surface area contributed by atoms with E-state index < -0.39 is 0 Å². The Morgan fingerprint density at radius 3 is 2.67 bits per heavy atom. The molecule has 0 amide bonds. The minimum atomic E-state index is 0.224. The molecule has 0 aliphatic rings. The molecular formula is C8H16Te. The number of unbranched alkanes of at least 4 members (excludes halogenated alkanes) is 3. The quantitative estimate of drug-likeness (QED) is 0.494. The second-order valence-corrected chi connectivity index (χ2v) is 5.17. The third-order valence-electron chi connectivity index (χ3n) is 1.23. The van der Waals surface area contributed by atoms with E-state index in [0.29, 0.717) is 0 Å². The van der Waals surface area contributed by atoms with Gasteiger partial charge in [0.2, 0.25) is 0 Å². The zero-order valence-electron chi connectivity index (χ0n) is 6.23. The van der Waals surface area contributed by atoms with Gasteiger partial charge in [-0.1, -0.05) is 0 Å². The second kappa shape index (κ2) is 8.53. The van der Waals surface area contributed by atoms with Crippen LogP contribution >= 0.6 is 0 Å². The monoisotopic (exact) mass is 242 g/mol. The molecule has 0 aliphatic carbocycles. The molecule has 0 saturated heterocycles. The third kappa shape index (κ3) is 8.53. The summed E-state index contributed by atoms with van der Waals surface area (Å²) in [4.78, 5) is 0. The van der Waals surface area contributed by atoms with Gasteiger partial charge in [-0.3, -0.25) is 0 Å². The molecule has 0 radical (unpaired) electrons. The average molecular weight is 240 g/mol. The van der Waals surface area contributed by atoms with Gasteiger partial charge in [-0.15, -0.1) is 0 Å². The van der Waals surface area contributed by atoms with Crippen molar-refractivity contribution in [3.05, 3.63) is 10.7 Å². The van der Waals surface area contributed by atoms with Crippen LogP contribution in [0.15, 0.2) is 10.7 Å². The number of hydrogen-bond donors (Lipinski definition) is 0. The minimum absolute atomic E-state index is 0.224. The Morgan fingerprint density at radius 1 is 1.33 bits per heavy atom. The predicted molar refractivity (Wildman–Crippen MR) is 44.9 cm³/mol. The molecular weight excluding hydrogens is 224 g/mol. The Bertz CT molecular complexity index is 59.6. The molecule has 0 aliphatic heterocycles. The Kier molecular flexibility index (Phi) is 9.03. The molecule has 0 heterocycles. The summed E-state index contributed by atoms with van der Waals surface area (Å²) in [5, 5.41) is 0. The maximum absolute atomic E-state index is 3.74. The van der Waals surface area contributed by atoms with Gasteiger partial charge in [0.05, 0.1) is 0 Å². The van der Waals surface area contributed by atoms with Gasteiger partial charge < -0.3 is 0 Å². The van der Waals surface area contributed by atoms with Crippen molar-refractivity contribution in [2.45, 2.75) is 37.1 Å². The summed E-state index contributed by atoms with van der Waals surface area (Å²) in [6.45, 7) is 5.99. The van der Waals surface area contributed by atoms with Crippen LogP contribution in [0, 0.1) is 0 Å². The van der Waals surface area contributed by atoms with Crippen LogP contribution in [-0.2, 0) is 0 Å². The van der Waals surface area contributed by atoms with E-state index in [1.165, 1.54) is 30.2 Å². The average Bonchev–Trinajstić information content (AvgIpc) is 1.89. The van der Waals surface area contributed by atoms with E-state index >= 15 is 0 Å². The van der Waals surface area contributed by atoms with Gasteiger partial charge in [-0.25, -0.2) is 0 Å². The van der Waals surface area contributed by atoms with Crippen molar-refractivity contribution >= 4 is 20.9 Å². The van der Waals surface area contributed by atoms with Gasteiger partial charge in [-0.2, -0.15) is 0 Å². The van der Waals surface area contributed by atoms with E-state index in [2.05, 4.69) is 17.6 Å². The molecule has 0 aromatic heterocycles. The first-order valence-corrected chi connectivity index (χ1v) is 6.63. The molecule has 1 heteroatoms. The van der Waals surface area contributed by atoms with E-state index in [9.17, 15) is 0 Å². The van der Waals surface area contributed by atoms with Crippen LogP contribution < -0.4 is 0 Å². The summed E-state index contributed by atoms with van der Waals surface area (Å²) >= 11 is 0.224. The van der Waals surface area contributed by atoms with Gasteiger partial charge in [0.15, 0.2) is 0 Å². The SMILES string of the molecule is C=C[Te]CCCCCC. The molecule has 0 fully saturated rings. The van der Waals surface area contributed by atoms with E-state index in [-0.39, 0.29) is 20.9 Å². The van der Waals surface area contributed by atoms with Crippen molar-refractivity contribution in [1.29, 1.82) is 0 Å². The molecule has 0 aromatic rings. The van der Waals surface area contributed by atoms with Crippen LogP contribution in [-0.4, -0.2) is 20.9 Å². The number of hydrogen-bond acceptors (Lipinski definition) is 0. The van der Waals surface area contributed by atoms with Gasteiger partial charge in [-0.05, 0) is 0 Å². The molecule has 54 valence electrons. The number of rotatable bonds is 6. The molecule has 9 heavy (non-hydrogen) atoms. The Hall–Kier alpha value is 0.530. The zero-order valence-corrected chi connectivity index (χ0v) is 8.56. The normalized spacial score (nSPS) is 9.44. The first-order valence-electron chi connectivity index (χ1n) is 3.64. The van der Waals surface area contributed by atoms with Crippen molar-refractivity contribution < 1.29 is 0 Å². The summed E-state index contributed by atoms with van der Waals surface area (Å²) in [6.07, 6.45) is 5.66. The zero-order chi connectivity index (χ0) is 6.95. The van der Waals surface area contributed by atoms with Crippen molar-refractivity contribution in [2.75, 3.05) is 0 Å². The summed E-state index contributed by atoms with van der Waals surface area (Å²) in [5.74, 6) is 0. The van der Waals surface area contributed by atoms with Gasteiger partial charge >= 0.3 is 68.7 Å². The van der Waals surface area contributed by atoms with E-state index in [1.807, 2.05) is 0 Å². The molecule has 0 spiro atoms. The first-order chi connectivity index (χ1) is 4.41. The third-order valence-corrected chi connectivity index (χ3v) is 3.40. The van der Waals surface area contributed by atoms with Crippen LogP contribution in [0.3, 0.4) is 0 Å². The molecule has 0 atom stereocenters. The van der Waals surface area contributed by atoms with E-state index in [4.69, 9.17) is 0 Å².